The Hall–Kier alpha value is -1.92. The Bertz CT molecular complexity index is 549. The first-order chi connectivity index (χ1) is 8.10. The molecule has 0 aliphatic rings. The molecular weight excluding hydrogens is 220 g/mol. The number of carbonyl (C=O) groups is 1. The molecule has 6 heteroatoms. The first-order valence-electron chi connectivity index (χ1n) is 5.22. The highest BCUT2D eigenvalue weighted by Crippen LogP contribution is 2.21. The molecular formula is C11H14N4O2. The number of aromatic nitrogens is 1. The smallest absolute Gasteiger partial charge is 0.235 e. The number of hydrazine groups is 1. The van der Waals surface area contributed by atoms with Crippen LogP contribution in [-0.2, 0) is 4.79 Å². The third-order valence-corrected chi connectivity index (χ3v) is 2.51. The zero-order valence-corrected chi connectivity index (χ0v) is 9.43. The van der Waals surface area contributed by atoms with Crippen molar-refractivity contribution < 1.29 is 9.21 Å². The zero-order valence-electron chi connectivity index (χ0n) is 9.43. The van der Waals surface area contributed by atoms with E-state index in [2.05, 4.69) is 10.4 Å². The van der Waals surface area contributed by atoms with Crippen molar-refractivity contribution in [3.63, 3.8) is 0 Å². The number of oxazole rings is 1. The minimum absolute atomic E-state index is 0.138. The van der Waals surface area contributed by atoms with Gasteiger partial charge >= 0.3 is 0 Å². The molecule has 0 spiro atoms. The predicted octanol–water partition coefficient (Wildman–Crippen LogP) is 0.516. The van der Waals surface area contributed by atoms with Gasteiger partial charge in [0.2, 0.25) is 5.91 Å². The summed E-state index contributed by atoms with van der Waals surface area (Å²) in [7, 11) is 0. The second-order valence-electron chi connectivity index (χ2n) is 3.84. The SMILES string of the molecule is Cc1nc2cc(C(N)CC(=O)NN)ccc2o1. The lowest BCUT2D eigenvalue weighted by Crippen LogP contribution is -2.32. The summed E-state index contributed by atoms with van der Waals surface area (Å²) in [6.07, 6.45) is 0.138. The molecule has 1 heterocycles. The Morgan fingerprint density at radius 1 is 1.59 bits per heavy atom. The van der Waals surface area contributed by atoms with Crippen molar-refractivity contribution in [2.45, 2.75) is 19.4 Å². The molecule has 0 saturated carbocycles. The number of amides is 1. The maximum atomic E-state index is 11.1. The summed E-state index contributed by atoms with van der Waals surface area (Å²) >= 11 is 0. The summed E-state index contributed by atoms with van der Waals surface area (Å²) in [6.45, 7) is 1.78. The van der Waals surface area contributed by atoms with E-state index in [9.17, 15) is 4.79 Å². The molecule has 1 atom stereocenters. The molecule has 1 aromatic heterocycles. The Balaban J connectivity index is 2.26. The third kappa shape index (κ3) is 2.43. The number of nitrogens with one attached hydrogen (secondary N) is 1. The van der Waals surface area contributed by atoms with Gasteiger partial charge < -0.3 is 10.2 Å². The normalized spacial score (nSPS) is 12.6. The molecule has 0 bridgehead atoms. The molecule has 2 aromatic rings. The van der Waals surface area contributed by atoms with Crippen LogP contribution in [0.2, 0.25) is 0 Å². The van der Waals surface area contributed by atoms with Gasteiger partial charge in [0.25, 0.3) is 0 Å². The number of hydrogen-bond acceptors (Lipinski definition) is 5. The van der Waals surface area contributed by atoms with E-state index in [1.165, 1.54) is 0 Å². The molecule has 0 aliphatic heterocycles. The number of aryl methyl sites for hydroxylation is 1. The molecule has 2 rings (SSSR count). The van der Waals surface area contributed by atoms with Gasteiger partial charge in [-0.05, 0) is 17.7 Å². The Labute approximate surface area is 97.9 Å². The third-order valence-electron chi connectivity index (χ3n) is 2.51. The van der Waals surface area contributed by atoms with Gasteiger partial charge in [-0.3, -0.25) is 10.2 Å². The van der Waals surface area contributed by atoms with E-state index in [4.69, 9.17) is 16.0 Å². The summed E-state index contributed by atoms with van der Waals surface area (Å²) in [5.41, 5.74) is 10.2. The average molecular weight is 234 g/mol. The van der Waals surface area contributed by atoms with Crippen molar-refractivity contribution >= 4 is 17.0 Å². The van der Waals surface area contributed by atoms with E-state index >= 15 is 0 Å². The molecule has 1 amide bonds. The highest BCUT2D eigenvalue weighted by Gasteiger charge is 2.12. The predicted molar refractivity (Wildman–Crippen MR) is 62.6 cm³/mol. The summed E-state index contributed by atoms with van der Waals surface area (Å²) < 4.78 is 5.35. The topological polar surface area (TPSA) is 107 Å². The van der Waals surface area contributed by atoms with Crippen LogP contribution in [0, 0.1) is 6.92 Å². The van der Waals surface area contributed by atoms with Gasteiger partial charge in [-0.1, -0.05) is 6.07 Å². The van der Waals surface area contributed by atoms with Gasteiger partial charge in [0.05, 0.1) is 0 Å². The van der Waals surface area contributed by atoms with Crippen LogP contribution >= 0.6 is 0 Å². The quantitative estimate of drug-likeness (QED) is 0.407. The fourth-order valence-corrected chi connectivity index (χ4v) is 1.67. The van der Waals surface area contributed by atoms with Crippen molar-refractivity contribution in [3.05, 3.63) is 29.7 Å². The van der Waals surface area contributed by atoms with Crippen molar-refractivity contribution in [3.8, 4) is 0 Å². The van der Waals surface area contributed by atoms with Gasteiger partial charge in [0.1, 0.15) is 5.52 Å². The number of nitrogens with two attached hydrogens (primary N) is 2. The number of fused-ring (bicyclic) bond motifs is 1. The molecule has 0 saturated heterocycles. The van der Waals surface area contributed by atoms with E-state index in [1.807, 2.05) is 12.1 Å². The lowest BCUT2D eigenvalue weighted by molar-refractivity contribution is -0.121. The molecule has 0 fully saturated rings. The average Bonchev–Trinajstić information content (AvgIpc) is 2.67. The molecule has 1 unspecified atom stereocenters. The van der Waals surface area contributed by atoms with Crippen LogP contribution in [0.15, 0.2) is 22.6 Å². The number of rotatable bonds is 3. The number of carbonyl (C=O) groups excluding carboxylic acids is 1. The summed E-state index contributed by atoms with van der Waals surface area (Å²) in [6, 6.07) is 5.03. The van der Waals surface area contributed by atoms with Crippen LogP contribution in [-0.4, -0.2) is 10.9 Å². The molecule has 5 N–H and O–H groups in total. The van der Waals surface area contributed by atoms with Crippen molar-refractivity contribution in [1.29, 1.82) is 0 Å². The Kier molecular flexibility index (Phi) is 3.08. The maximum Gasteiger partial charge on any atom is 0.235 e. The van der Waals surface area contributed by atoms with Crippen LogP contribution in [0.3, 0.4) is 0 Å². The number of hydrogen-bond donors (Lipinski definition) is 3. The van der Waals surface area contributed by atoms with Gasteiger partial charge in [-0.15, -0.1) is 0 Å². The van der Waals surface area contributed by atoms with E-state index in [0.29, 0.717) is 11.5 Å². The summed E-state index contributed by atoms with van der Waals surface area (Å²) in [5, 5.41) is 0. The molecule has 1 aromatic carbocycles. The van der Waals surface area contributed by atoms with Crippen molar-refractivity contribution in [2.24, 2.45) is 11.6 Å². The molecule has 6 nitrogen and oxygen atoms in total. The molecule has 90 valence electrons. The standard InChI is InChI=1S/C11H14N4O2/c1-6-14-9-4-7(2-3-10(9)17-6)8(12)5-11(16)15-13/h2-4,8H,5,12-13H2,1H3,(H,15,16). The van der Waals surface area contributed by atoms with Crippen LogP contribution < -0.4 is 17.0 Å². The number of nitrogens with zero attached hydrogens (tertiary/aromatic N) is 1. The van der Waals surface area contributed by atoms with Crippen molar-refractivity contribution in [1.82, 2.24) is 10.4 Å². The maximum absolute atomic E-state index is 11.1. The molecule has 0 aliphatic carbocycles. The van der Waals surface area contributed by atoms with E-state index in [-0.39, 0.29) is 12.3 Å². The lowest BCUT2D eigenvalue weighted by Gasteiger charge is -2.10. The fourth-order valence-electron chi connectivity index (χ4n) is 1.67. The monoisotopic (exact) mass is 234 g/mol. The Morgan fingerprint density at radius 2 is 2.35 bits per heavy atom. The van der Waals surface area contributed by atoms with E-state index < -0.39 is 6.04 Å². The first-order valence-corrected chi connectivity index (χ1v) is 5.22. The van der Waals surface area contributed by atoms with Crippen LogP contribution in [0.25, 0.3) is 11.1 Å². The summed E-state index contributed by atoms with van der Waals surface area (Å²) in [4.78, 5) is 15.3. The largest absolute Gasteiger partial charge is 0.441 e. The highest BCUT2D eigenvalue weighted by molar-refractivity contribution is 5.77. The lowest BCUT2D eigenvalue weighted by atomic mass is 10.0. The minimum Gasteiger partial charge on any atom is -0.441 e. The van der Waals surface area contributed by atoms with Gasteiger partial charge in [0.15, 0.2) is 11.5 Å². The van der Waals surface area contributed by atoms with E-state index in [0.717, 1.165) is 11.1 Å². The van der Waals surface area contributed by atoms with Crippen LogP contribution in [0.4, 0.5) is 0 Å². The van der Waals surface area contributed by atoms with Gasteiger partial charge in [-0.2, -0.15) is 0 Å². The second-order valence-corrected chi connectivity index (χ2v) is 3.84. The van der Waals surface area contributed by atoms with Crippen molar-refractivity contribution in [2.75, 3.05) is 0 Å². The molecule has 17 heavy (non-hydrogen) atoms. The van der Waals surface area contributed by atoms with E-state index in [1.54, 1.807) is 13.0 Å². The minimum atomic E-state index is -0.403. The molecule has 0 radical (unpaired) electrons. The fraction of sp³-hybridized carbons (Fsp3) is 0.273. The first kappa shape index (κ1) is 11.6. The van der Waals surface area contributed by atoms with Crippen LogP contribution in [0.5, 0.6) is 0 Å². The van der Waals surface area contributed by atoms with Gasteiger partial charge in [0, 0.05) is 19.4 Å². The summed E-state index contributed by atoms with van der Waals surface area (Å²) in [5.74, 6) is 5.31. The Morgan fingerprint density at radius 3 is 3.06 bits per heavy atom. The number of benzene rings is 1. The zero-order chi connectivity index (χ0) is 12.4. The second kappa shape index (κ2) is 4.52. The highest BCUT2D eigenvalue weighted by atomic mass is 16.3. The van der Waals surface area contributed by atoms with Crippen LogP contribution in [0.1, 0.15) is 23.9 Å². The van der Waals surface area contributed by atoms with Gasteiger partial charge in [-0.25, -0.2) is 10.8 Å².